The van der Waals surface area contributed by atoms with Crippen molar-refractivity contribution in [1.29, 1.82) is 0 Å². The zero-order chi connectivity index (χ0) is 14.6. The molecular formula is C15H24N2O2. The highest BCUT2D eigenvalue weighted by Crippen LogP contribution is 2.23. The van der Waals surface area contributed by atoms with Crippen molar-refractivity contribution < 1.29 is 9.90 Å². The van der Waals surface area contributed by atoms with Crippen molar-refractivity contribution in [2.75, 3.05) is 18.0 Å². The smallest absolute Gasteiger partial charge is 0.339 e. The van der Waals surface area contributed by atoms with Gasteiger partial charge in [0.1, 0.15) is 11.4 Å². The highest BCUT2D eigenvalue weighted by molar-refractivity contribution is 5.95. The van der Waals surface area contributed by atoms with Gasteiger partial charge in [0.15, 0.2) is 0 Å². The molecule has 0 aliphatic heterocycles. The molecule has 0 saturated heterocycles. The SMILES string of the molecule is CCC(C)CN(CC)c1nc(C)cc(C)c1C(=O)O. The third kappa shape index (κ3) is 3.69. The van der Waals surface area contributed by atoms with Crippen LogP contribution in [-0.2, 0) is 0 Å². The summed E-state index contributed by atoms with van der Waals surface area (Å²) in [6, 6.07) is 1.82. The van der Waals surface area contributed by atoms with Crippen LogP contribution < -0.4 is 4.90 Å². The first-order valence-electron chi connectivity index (χ1n) is 6.87. The Morgan fingerprint density at radius 1 is 1.42 bits per heavy atom. The first kappa shape index (κ1) is 15.5. The van der Waals surface area contributed by atoms with E-state index in [1.54, 1.807) is 0 Å². The molecule has 4 nitrogen and oxygen atoms in total. The maximum atomic E-state index is 11.5. The Bertz CT molecular complexity index is 458. The number of aromatic carboxylic acids is 1. The monoisotopic (exact) mass is 264 g/mol. The van der Waals surface area contributed by atoms with Gasteiger partial charge in [-0.1, -0.05) is 20.3 Å². The molecule has 0 fully saturated rings. The second kappa shape index (κ2) is 6.55. The Balaban J connectivity index is 3.25. The van der Waals surface area contributed by atoms with E-state index < -0.39 is 5.97 Å². The molecule has 106 valence electrons. The zero-order valence-electron chi connectivity index (χ0n) is 12.5. The number of aryl methyl sites for hydroxylation is 2. The first-order valence-corrected chi connectivity index (χ1v) is 6.87. The lowest BCUT2D eigenvalue weighted by Gasteiger charge is -2.27. The fourth-order valence-corrected chi connectivity index (χ4v) is 2.18. The fraction of sp³-hybridized carbons (Fsp3) is 0.600. The van der Waals surface area contributed by atoms with Gasteiger partial charge in [0.05, 0.1) is 0 Å². The van der Waals surface area contributed by atoms with Crippen LogP contribution in [0.3, 0.4) is 0 Å². The molecule has 1 N–H and O–H groups in total. The summed E-state index contributed by atoms with van der Waals surface area (Å²) in [6.45, 7) is 11.7. The van der Waals surface area contributed by atoms with Gasteiger partial charge < -0.3 is 10.0 Å². The van der Waals surface area contributed by atoms with Gasteiger partial charge in [-0.15, -0.1) is 0 Å². The van der Waals surface area contributed by atoms with E-state index >= 15 is 0 Å². The number of hydrogen-bond donors (Lipinski definition) is 1. The quantitative estimate of drug-likeness (QED) is 0.856. The van der Waals surface area contributed by atoms with Gasteiger partial charge in [0, 0.05) is 18.8 Å². The van der Waals surface area contributed by atoms with Crippen LogP contribution in [0.25, 0.3) is 0 Å². The number of pyridine rings is 1. The molecule has 1 aromatic heterocycles. The number of anilines is 1. The average Bonchev–Trinajstić information content (AvgIpc) is 2.33. The van der Waals surface area contributed by atoms with Crippen molar-refractivity contribution in [3.05, 3.63) is 22.9 Å². The Hall–Kier alpha value is -1.58. The minimum atomic E-state index is -0.900. The molecule has 0 amide bonds. The van der Waals surface area contributed by atoms with Crippen molar-refractivity contribution >= 4 is 11.8 Å². The standard InChI is InChI=1S/C15H24N2O2/c1-6-10(3)9-17(7-2)14-13(15(18)19)11(4)8-12(5)16-14/h8,10H,6-7,9H2,1-5H3,(H,18,19). The maximum absolute atomic E-state index is 11.5. The molecule has 1 unspecified atom stereocenters. The Kier molecular flexibility index (Phi) is 5.33. The van der Waals surface area contributed by atoms with E-state index in [-0.39, 0.29) is 0 Å². The molecule has 4 heteroatoms. The van der Waals surface area contributed by atoms with E-state index in [0.29, 0.717) is 17.3 Å². The number of carboxylic acids is 1. The minimum absolute atomic E-state index is 0.329. The van der Waals surface area contributed by atoms with Crippen LogP contribution in [-0.4, -0.2) is 29.1 Å². The lowest BCUT2D eigenvalue weighted by atomic mass is 10.1. The molecule has 19 heavy (non-hydrogen) atoms. The maximum Gasteiger partial charge on any atom is 0.339 e. The molecule has 0 aromatic carbocycles. The van der Waals surface area contributed by atoms with Gasteiger partial charge in [0.25, 0.3) is 0 Å². The molecule has 1 rings (SSSR count). The summed E-state index contributed by atoms with van der Waals surface area (Å²) < 4.78 is 0. The third-order valence-electron chi connectivity index (χ3n) is 3.45. The Morgan fingerprint density at radius 2 is 2.05 bits per heavy atom. The van der Waals surface area contributed by atoms with E-state index in [1.165, 1.54) is 0 Å². The minimum Gasteiger partial charge on any atom is -0.478 e. The topological polar surface area (TPSA) is 53.4 Å². The van der Waals surface area contributed by atoms with E-state index in [4.69, 9.17) is 0 Å². The van der Waals surface area contributed by atoms with Crippen LogP contribution in [0.5, 0.6) is 0 Å². The van der Waals surface area contributed by atoms with E-state index in [9.17, 15) is 9.90 Å². The number of rotatable bonds is 6. The summed E-state index contributed by atoms with van der Waals surface area (Å²) in [6.07, 6.45) is 1.07. The van der Waals surface area contributed by atoms with Crippen molar-refractivity contribution in [2.24, 2.45) is 5.92 Å². The molecule has 0 saturated carbocycles. The van der Waals surface area contributed by atoms with E-state index in [2.05, 4.69) is 23.7 Å². The van der Waals surface area contributed by atoms with Gasteiger partial charge >= 0.3 is 5.97 Å². The molecule has 1 atom stereocenters. The summed E-state index contributed by atoms with van der Waals surface area (Å²) in [7, 11) is 0. The van der Waals surface area contributed by atoms with Gasteiger partial charge in [-0.25, -0.2) is 9.78 Å². The Morgan fingerprint density at radius 3 is 2.53 bits per heavy atom. The molecule has 0 aliphatic rings. The summed E-state index contributed by atoms with van der Waals surface area (Å²) >= 11 is 0. The predicted molar refractivity (Wildman–Crippen MR) is 78.0 cm³/mol. The number of hydrogen-bond acceptors (Lipinski definition) is 3. The van der Waals surface area contributed by atoms with Crippen LogP contribution in [0.1, 0.15) is 48.8 Å². The molecule has 1 aromatic rings. The number of carbonyl (C=O) groups is 1. The fourth-order valence-electron chi connectivity index (χ4n) is 2.18. The van der Waals surface area contributed by atoms with Crippen molar-refractivity contribution in [1.82, 2.24) is 4.98 Å². The van der Waals surface area contributed by atoms with Gasteiger partial charge in [0.2, 0.25) is 0 Å². The molecule has 0 bridgehead atoms. The average molecular weight is 264 g/mol. The van der Waals surface area contributed by atoms with Crippen LogP contribution in [0, 0.1) is 19.8 Å². The molecular weight excluding hydrogens is 240 g/mol. The normalized spacial score (nSPS) is 12.3. The number of nitrogens with zero attached hydrogens (tertiary/aromatic N) is 2. The molecule has 0 radical (unpaired) electrons. The molecule has 0 aliphatic carbocycles. The van der Waals surface area contributed by atoms with E-state index in [1.807, 2.05) is 26.8 Å². The number of carboxylic acid groups (broad SMARTS) is 1. The summed E-state index contributed by atoms with van der Waals surface area (Å²) in [5.74, 6) is 0.222. The first-order chi connectivity index (χ1) is 8.90. The lowest BCUT2D eigenvalue weighted by Crippen LogP contribution is -2.31. The summed E-state index contributed by atoms with van der Waals surface area (Å²) in [4.78, 5) is 18.0. The van der Waals surface area contributed by atoms with Crippen LogP contribution in [0.2, 0.25) is 0 Å². The second-order valence-corrected chi connectivity index (χ2v) is 5.14. The molecule has 0 spiro atoms. The summed E-state index contributed by atoms with van der Waals surface area (Å²) in [5, 5.41) is 9.41. The highest BCUT2D eigenvalue weighted by atomic mass is 16.4. The van der Waals surface area contributed by atoms with Crippen LogP contribution >= 0.6 is 0 Å². The van der Waals surface area contributed by atoms with Crippen molar-refractivity contribution in [3.63, 3.8) is 0 Å². The Labute approximate surface area is 115 Å². The largest absolute Gasteiger partial charge is 0.478 e. The second-order valence-electron chi connectivity index (χ2n) is 5.14. The van der Waals surface area contributed by atoms with Gasteiger partial charge in [-0.2, -0.15) is 0 Å². The van der Waals surface area contributed by atoms with Crippen LogP contribution in [0.4, 0.5) is 5.82 Å². The van der Waals surface area contributed by atoms with Crippen molar-refractivity contribution in [3.8, 4) is 0 Å². The third-order valence-corrected chi connectivity index (χ3v) is 3.45. The highest BCUT2D eigenvalue weighted by Gasteiger charge is 2.20. The van der Waals surface area contributed by atoms with Crippen LogP contribution in [0.15, 0.2) is 6.07 Å². The number of aromatic nitrogens is 1. The zero-order valence-corrected chi connectivity index (χ0v) is 12.5. The van der Waals surface area contributed by atoms with E-state index in [0.717, 1.165) is 30.8 Å². The lowest BCUT2D eigenvalue weighted by molar-refractivity contribution is 0.0696. The van der Waals surface area contributed by atoms with Crippen molar-refractivity contribution in [2.45, 2.75) is 41.0 Å². The summed E-state index contributed by atoms with van der Waals surface area (Å²) in [5.41, 5.74) is 1.97. The van der Waals surface area contributed by atoms with Gasteiger partial charge in [-0.05, 0) is 38.3 Å². The van der Waals surface area contributed by atoms with Gasteiger partial charge in [-0.3, -0.25) is 0 Å². The predicted octanol–water partition coefficient (Wildman–Crippen LogP) is 3.27. The molecule has 1 heterocycles.